The summed E-state index contributed by atoms with van der Waals surface area (Å²) >= 11 is 11.6. The maximum atomic E-state index is 12.9. The van der Waals surface area contributed by atoms with Crippen LogP contribution < -0.4 is 0 Å². The fourth-order valence-electron chi connectivity index (χ4n) is 1.30. The average molecular weight is 245 g/mol. The zero-order valence-corrected chi connectivity index (χ0v) is 9.35. The zero-order chi connectivity index (χ0) is 11.0. The summed E-state index contributed by atoms with van der Waals surface area (Å²) in [5.41, 5.74) is 1.30. The first-order valence-corrected chi connectivity index (χ1v) is 4.98. The molecule has 0 aliphatic rings. The minimum absolute atomic E-state index is 0.0641. The number of hydrogen-bond acceptors (Lipinski definition) is 1. The molecule has 0 saturated heterocycles. The molecule has 0 fully saturated rings. The van der Waals surface area contributed by atoms with Crippen LogP contribution in [0.25, 0.3) is 11.3 Å². The van der Waals surface area contributed by atoms with Crippen LogP contribution >= 0.6 is 23.2 Å². The summed E-state index contributed by atoms with van der Waals surface area (Å²) in [7, 11) is 1.76. The average Bonchev–Trinajstić information content (AvgIpc) is 2.50. The highest BCUT2D eigenvalue weighted by molar-refractivity contribution is 6.33. The number of aromatic nitrogens is 2. The lowest BCUT2D eigenvalue weighted by Gasteiger charge is -1.99. The second kappa shape index (κ2) is 3.83. The quantitative estimate of drug-likeness (QED) is 0.751. The van der Waals surface area contributed by atoms with E-state index in [1.807, 2.05) is 0 Å². The van der Waals surface area contributed by atoms with Crippen molar-refractivity contribution in [2.75, 3.05) is 0 Å². The second-order valence-corrected chi connectivity index (χ2v) is 3.94. The highest BCUT2D eigenvalue weighted by Gasteiger charge is 2.09. The summed E-state index contributed by atoms with van der Waals surface area (Å²) in [6, 6.07) is 4.39. The van der Waals surface area contributed by atoms with Crippen molar-refractivity contribution in [2.45, 2.75) is 0 Å². The SMILES string of the molecule is Cn1cc(Cl)c(-c2ccc(F)c(Cl)c2)n1. The Morgan fingerprint density at radius 1 is 1.27 bits per heavy atom. The van der Waals surface area contributed by atoms with Crippen molar-refractivity contribution in [3.05, 3.63) is 40.3 Å². The van der Waals surface area contributed by atoms with Crippen molar-refractivity contribution < 1.29 is 4.39 Å². The summed E-state index contributed by atoms with van der Waals surface area (Å²) in [5, 5.41) is 4.73. The van der Waals surface area contributed by atoms with Crippen LogP contribution in [0.5, 0.6) is 0 Å². The number of hydrogen-bond donors (Lipinski definition) is 0. The van der Waals surface area contributed by atoms with Gasteiger partial charge in [-0.15, -0.1) is 0 Å². The van der Waals surface area contributed by atoms with Gasteiger partial charge in [-0.2, -0.15) is 5.10 Å². The highest BCUT2D eigenvalue weighted by Crippen LogP contribution is 2.28. The Bertz CT molecular complexity index is 508. The van der Waals surface area contributed by atoms with Gasteiger partial charge >= 0.3 is 0 Å². The van der Waals surface area contributed by atoms with Gasteiger partial charge in [-0.3, -0.25) is 4.68 Å². The number of rotatable bonds is 1. The molecule has 0 aliphatic carbocycles. The van der Waals surface area contributed by atoms with Crippen LogP contribution in [0.1, 0.15) is 0 Å². The summed E-state index contributed by atoms with van der Waals surface area (Å²) in [6.45, 7) is 0. The Labute approximate surface area is 96.2 Å². The molecule has 0 saturated carbocycles. The minimum atomic E-state index is -0.451. The van der Waals surface area contributed by atoms with Crippen LogP contribution in [0.15, 0.2) is 24.4 Å². The van der Waals surface area contributed by atoms with Crippen molar-refractivity contribution in [1.82, 2.24) is 9.78 Å². The molecule has 1 aromatic carbocycles. The predicted molar refractivity (Wildman–Crippen MR) is 58.6 cm³/mol. The zero-order valence-electron chi connectivity index (χ0n) is 7.84. The van der Waals surface area contributed by atoms with Gasteiger partial charge in [0.05, 0.1) is 10.0 Å². The minimum Gasteiger partial charge on any atom is -0.274 e. The van der Waals surface area contributed by atoms with E-state index in [1.54, 1.807) is 24.0 Å². The third-order valence-corrected chi connectivity index (χ3v) is 2.54. The van der Waals surface area contributed by atoms with Crippen molar-refractivity contribution in [1.29, 1.82) is 0 Å². The van der Waals surface area contributed by atoms with E-state index >= 15 is 0 Å². The third-order valence-electron chi connectivity index (χ3n) is 1.98. The van der Waals surface area contributed by atoms with Crippen LogP contribution in [-0.2, 0) is 7.05 Å². The Morgan fingerprint density at radius 2 is 2.00 bits per heavy atom. The summed E-state index contributed by atoms with van der Waals surface area (Å²) in [4.78, 5) is 0. The van der Waals surface area contributed by atoms with E-state index < -0.39 is 5.82 Å². The molecular weight excluding hydrogens is 238 g/mol. The predicted octanol–water partition coefficient (Wildman–Crippen LogP) is 3.53. The smallest absolute Gasteiger partial charge is 0.141 e. The molecule has 2 aromatic rings. The monoisotopic (exact) mass is 244 g/mol. The van der Waals surface area contributed by atoms with E-state index in [2.05, 4.69) is 5.10 Å². The van der Waals surface area contributed by atoms with E-state index in [4.69, 9.17) is 23.2 Å². The molecule has 15 heavy (non-hydrogen) atoms. The molecular formula is C10H7Cl2FN2. The van der Waals surface area contributed by atoms with Gasteiger partial charge in [-0.05, 0) is 18.2 Å². The molecule has 0 radical (unpaired) electrons. The van der Waals surface area contributed by atoms with E-state index in [0.29, 0.717) is 16.3 Å². The molecule has 1 aromatic heterocycles. The molecule has 0 aliphatic heterocycles. The Kier molecular flexibility index (Phi) is 2.67. The molecule has 2 rings (SSSR count). The van der Waals surface area contributed by atoms with Gasteiger partial charge < -0.3 is 0 Å². The Morgan fingerprint density at radius 3 is 2.53 bits per heavy atom. The second-order valence-electron chi connectivity index (χ2n) is 3.13. The van der Waals surface area contributed by atoms with Crippen molar-refractivity contribution in [2.24, 2.45) is 7.05 Å². The van der Waals surface area contributed by atoms with Gasteiger partial charge in [0.25, 0.3) is 0 Å². The van der Waals surface area contributed by atoms with E-state index in [1.165, 1.54) is 12.1 Å². The first-order valence-electron chi connectivity index (χ1n) is 4.22. The molecule has 0 unspecified atom stereocenters. The first-order chi connectivity index (χ1) is 7.08. The molecule has 2 nitrogen and oxygen atoms in total. The lowest BCUT2D eigenvalue weighted by atomic mass is 10.1. The molecule has 0 atom stereocenters. The lowest BCUT2D eigenvalue weighted by molar-refractivity contribution is 0.628. The van der Waals surface area contributed by atoms with Crippen molar-refractivity contribution in [3.63, 3.8) is 0 Å². The molecule has 5 heteroatoms. The number of aryl methyl sites for hydroxylation is 1. The van der Waals surface area contributed by atoms with E-state index in [-0.39, 0.29) is 5.02 Å². The van der Waals surface area contributed by atoms with Crippen LogP contribution in [0.4, 0.5) is 4.39 Å². The molecule has 0 N–H and O–H groups in total. The van der Waals surface area contributed by atoms with Gasteiger partial charge in [0.15, 0.2) is 0 Å². The van der Waals surface area contributed by atoms with E-state index in [9.17, 15) is 4.39 Å². The highest BCUT2D eigenvalue weighted by atomic mass is 35.5. The van der Waals surface area contributed by atoms with Crippen LogP contribution in [0, 0.1) is 5.82 Å². The van der Waals surface area contributed by atoms with E-state index in [0.717, 1.165) is 0 Å². The van der Waals surface area contributed by atoms with Gasteiger partial charge in [0, 0.05) is 18.8 Å². The van der Waals surface area contributed by atoms with Gasteiger partial charge in [-0.25, -0.2) is 4.39 Å². The topological polar surface area (TPSA) is 17.8 Å². The first kappa shape index (κ1) is 10.5. The molecule has 78 valence electrons. The molecule has 1 heterocycles. The normalized spacial score (nSPS) is 10.7. The standard InChI is InChI=1S/C10H7Cl2FN2/c1-15-5-8(12)10(14-15)6-2-3-9(13)7(11)4-6/h2-5H,1H3. The lowest BCUT2D eigenvalue weighted by Crippen LogP contribution is -1.88. The Hall–Kier alpha value is -1.06. The molecule has 0 amide bonds. The number of benzene rings is 1. The third kappa shape index (κ3) is 1.98. The van der Waals surface area contributed by atoms with Gasteiger partial charge in [0.2, 0.25) is 0 Å². The van der Waals surface area contributed by atoms with Crippen molar-refractivity contribution in [3.8, 4) is 11.3 Å². The van der Waals surface area contributed by atoms with Gasteiger partial charge in [-0.1, -0.05) is 23.2 Å². The molecule has 0 spiro atoms. The summed E-state index contributed by atoms with van der Waals surface area (Å²) in [5.74, 6) is -0.451. The van der Waals surface area contributed by atoms with Crippen LogP contribution in [0.3, 0.4) is 0 Å². The van der Waals surface area contributed by atoms with Crippen molar-refractivity contribution >= 4 is 23.2 Å². The fraction of sp³-hybridized carbons (Fsp3) is 0.100. The number of halogens is 3. The molecule has 0 bridgehead atoms. The maximum Gasteiger partial charge on any atom is 0.141 e. The van der Waals surface area contributed by atoms with Crippen LogP contribution in [0.2, 0.25) is 10.0 Å². The Balaban J connectivity index is 2.54. The largest absolute Gasteiger partial charge is 0.274 e. The summed E-state index contributed by atoms with van der Waals surface area (Å²) in [6.07, 6.45) is 1.67. The summed E-state index contributed by atoms with van der Waals surface area (Å²) < 4.78 is 14.5. The maximum absolute atomic E-state index is 12.9. The number of nitrogens with zero attached hydrogens (tertiary/aromatic N) is 2. The fourth-order valence-corrected chi connectivity index (χ4v) is 1.77. The van der Waals surface area contributed by atoms with Crippen LogP contribution in [-0.4, -0.2) is 9.78 Å². The van der Waals surface area contributed by atoms with Gasteiger partial charge in [0.1, 0.15) is 11.5 Å².